The largest absolute Gasteiger partial charge is 0.493 e. The summed E-state index contributed by atoms with van der Waals surface area (Å²) >= 11 is 0. The maximum Gasteiger partial charge on any atom is 0.317 e. The number of ether oxygens (including phenoxy) is 3. The van der Waals surface area contributed by atoms with Crippen LogP contribution in [0, 0.1) is 5.92 Å². The molecule has 1 aliphatic heterocycles. The summed E-state index contributed by atoms with van der Waals surface area (Å²) in [5, 5.41) is 5.83. The number of unbranched alkanes of at least 4 members (excludes halogenated alkanes) is 1. The topological polar surface area (TPSA) is 89.1 Å². The van der Waals surface area contributed by atoms with Gasteiger partial charge in [0.25, 0.3) is 0 Å². The molecule has 1 saturated heterocycles. The Morgan fingerprint density at radius 2 is 1.69 bits per heavy atom. The van der Waals surface area contributed by atoms with Gasteiger partial charge in [-0.25, -0.2) is 4.79 Å². The van der Waals surface area contributed by atoms with Gasteiger partial charge in [-0.05, 0) is 31.0 Å². The fourth-order valence-electron chi connectivity index (χ4n) is 3.67. The smallest absolute Gasteiger partial charge is 0.317 e. The summed E-state index contributed by atoms with van der Waals surface area (Å²) in [4.78, 5) is 27.0. The average molecular weight is 408 g/mol. The van der Waals surface area contributed by atoms with Crippen LogP contribution in [0.25, 0.3) is 0 Å². The van der Waals surface area contributed by atoms with E-state index in [1.54, 1.807) is 26.2 Å². The summed E-state index contributed by atoms with van der Waals surface area (Å²) in [7, 11) is 4.67. The second-order valence-corrected chi connectivity index (χ2v) is 7.06. The van der Waals surface area contributed by atoms with Gasteiger partial charge in [0.2, 0.25) is 11.7 Å². The van der Waals surface area contributed by atoms with E-state index in [4.69, 9.17) is 14.2 Å². The molecule has 0 aliphatic carbocycles. The Hall–Kier alpha value is -2.64. The van der Waals surface area contributed by atoms with Crippen molar-refractivity contribution in [2.75, 3.05) is 47.5 Å². The summed E-state index contributed by atoms with van der Waals surface area (Å²) in [6.07, 6.45) is 1.93. The van der Waals surface area contributed by atoms with Crippen LogP contribution in [0.3, 0.4) is 0 Å². The van der Waals surface area contributed by atoms with Crippen molar-refractivity contribution in [1.82, 2.24) is 15.5 Å². The molecule has 162 valence electrons. The molecule has 8 heteroatoms. The van der Waals surface area contributed by atoms with Crippen LogP contribution in [0.5, 0.6) is 17.2 Å². The number of likely N-dealkylation sites (tertiary alicyclic amines) is 1. The minimum Gasteiger partial charge on any atom is -0.493 e. The molecule has 8 nitrogen and oxygen atoms in total. The molecular weight excluding hydrogens is 374 g/mol. The first-order valence-corrected chi connectivity index (χ1v) is 10.1. The molecule has 1 aromatic rings. The lowest BCUT2D eigenvalue weighted by Crippen LogP contribution is -2.40. The molecule has 0 unspecified atom stereocenters. The number of methoxy groups -OCH3 is 3. The van der Waals surface area contributed by atoms with Gasteiger partial charge in [0.05, 0.1) is 27.2 Å². The molecule has 1 fully saturated rings. The fourth-order valence-corrected chi connectivity index (χ4v) is 3.67. The molecule has 0 spiro atoms. The lowest BCUT2D eigenvalue weighted by Gasteiger charge is -2.21. The molecule has 2 N–H and O–H groups in total. The van der Waals surface area contributed by atoms with Crippen LogP contribution < -0.4 is 24.8 Å². The van der Waals surface area contributed by atoms with Gasteiger partial charge < -0.3 is 29.7 Å². The van der Waals surface area contributed by atoms with Crippen molar-refractivity contribution in [2.24, 2.45) is 5.92 Å². The fraction of sp³-hybridized carbons (Fsp3) is 0.619. The molecule has 1 heterocycles. The Bertz CT molecular complexity index is 685. The molecular formula is C21H33N3O5. The number of hydrogen-bond donors (Lipinski definition) is 2. The number of carbonyl (C=O) groups excluding carboxylic acids is 2. The summed E-state index contributed by atoms with van der Waals surface area (Å²) < 4.78 is 16.3. The monoisotopic (exact) mass is 407 g/mol. The minimum atomic E-state index is -0.350. The van der Waals surface area contributed by atoms with Crippen LogP contribution in [0.4, 0.5) is 4.79 Å². The van der Waals surface area contributed by atoms with Gasteiger partial charge >= 0.3 is 6.03 Å². The van der Waals surface area contributed by atoms with Crippen molar-refractivity contribution in [3.05, 3.63) is 17.7 Å². The van der Waals surface area contributed by atoms with Crippen molar-refractivity contribution >= 4 is 11.9 Å². The molecule has 2 atom stereocenters. The van der Waals surface area contributed by atoms with Crippen molar-refractivity contribution in [3.63, 3.8) is 0 Å². The zero-order valence-electron chi connectivity index (χ0n) is 18.0. The lowest BCUT2D eigenvalue weighted by molar-refractivity contribution is -0.124. The first kappa shape index (κ1) is 22.6. The number of amides is 3. The van der Waals surface area contributed by atoms with E-state index >= 15 is 0 Å². The maximum absolute atomic E-state index is 12.9. The summed E-state index contributed by atoms with van der Waals surface area (Å²) in [6, 6.07) is 3.56. The number of rotatable bonds is 9. The Morgan fingerprint density at radius 3 is 2.21 bits per heavy atom. The van der Waals surface area contributed by atoms with E-state index in [2.05, 4.69) is 17.6 Å². The quantitative estimate of drug-likeness (QED) is 0.614. The molecule has 2 rings (SSSR count). The standard InChI is InChI=1S/C21H33N3O5/c1-6-8-9-23-20(25)16-13-24(21(26)22-7-2)12-15(16)14-10-17(27-3)19(29-5)18(11-14)28-4/h10-11,15-16H,6-9,12-13H2,1-5H3,(H,22,26)(H,23,25)/t15-,16-/m0/s1. The zero-order valence-corrected chi connectivity index (χ0v) is 18.0. The predicted octanol–water partition coefficient (Wildman–Crippen LogP) is 2.37. The number of carbonyl (C=O) groups is 2. The minimum absolute atomic E-state index is 0.0380. The van der Waals surface area contributed by atoms with Crippen molar-refractivity contribution in [1.29, 1.82) is 0 Å². The lowest BCUT2D eigenvalue weighted by atomic mass is 9.88. The predicted molar refractivity (Wildman–Crippen MR) is 111 cm³/mol. The van der Waals surface area contributed by atoms with Crippen LogP contribution in [-0.2, 0) is 4.79 Å². The van der Waals surface area contributed by atoms with E-state index in [0.717, 1.165) is 18.4 Å². The maximum atomic E-state index is 12.9. The van der Waals surface area contributed by atoms with Gasteiger partial charge in [0.15, 0.2) is 11.5 Å². The SMILES string of the molecule is CCCCNC(=O)[C@H]1CN(C(=O)NCC)C[C@H]1c1cc(OC)c(OC)c(OC)c1. The van der Waals surface area contributed by atoms with Crippen LogP contribution in [0.1, 0.15) is 38.2 Å². The van der Waals surface area contributed by atoms with Crippen LogP contribution in [-0.4, -0.2) is 64.3 Å². The third kappa shape index (κ3) is 5.25. The normalized spacial score (nSPS) is 18.3. The zero-order chi connectivity index (χ0) is 21.4. The Balaban J connectivity index is 2.36. The molecule has 1 aromatic carbocycles. The highest BCUT2D eigenvalue weighted by Gasteiger charge is 2.41. The summed E-state index contributed by atoms with van der Waals surface area (Å²) in [5.41, 5.74) is 0.877. The van der Waals surface area contributed by atoms with Gasteiger partial charge in [-0.1, -0.05) is 13.3 Å². The van der Waals surface area contributed by atoms with E-state index in [9.17, 15) is 9.59 Å². The van der Waals surface area contributed by atoms with Gasteiger partial charge in [0, 0.05) is 32.1 Å². The number of urea groups is 1. The molecule has 0 aromatic heterocycles. The highest BCUT2D eigenvalue weighted by Crippen LogP contribution is 2.43. The second-order valence-electron chi connectivity index (χ2n) is 7.06. The van der Waals surface area contributed by atoms with Crippen molar-refractivity contribution < 1.29 is 23.8 Å². The Morgan fingerprint density at radius 1 is 1.03 bits per heavy atom. The third-order valence-electron chi connectivity index (χ3n) is 5.22. The Labute approximate surface area is 172 Å². The highest BCUT2D eigenvalue weighted by atomic mass is 16.5. The molecule has 29 heavy (non-hydrogen) atoms. The van der Waals surface area contributed by atoms with Gasteiger partial charge in [-0.2, -0.15) is 0 Å². The molecule has 1 aliphatic rings. The van der Waals surface area contributed by atoms with E-state index < -0.39 is 0 Å². The first-order valence-electron chi connectivity index (χ1n) is 10.1. The number of hydrogen-bond acceptors (Lipinski definition) is 5. The second kappa shape index (κ2) is 10.8. The van der Waals surface area contributed by atoms with E-state index in [1.165, 1.54) is 0 Å². The first-order chi connectivity index (χ1) is 14.0. The van der Waals surface area contributed by atoms with Crippen LogP contribution in [0.2, 0.25) is 0 Å². The number of nitrogens with one attached hydrogen (secondary N) is 2. The molecule has 0 bridgehead atoms. The number of nitrogens with zero attached hydrogens (tertiary/aromatic N) is 1. The van der Waals surface area contributed by atoms with Crippen molar-refractivity contribution in [2.45, 2.75) is 32.6 Å². The van der Waals surface area contributed by atoms with E-state index in [0.29, 0.717) is 43.4 Å². The summed E-state index contributed by atoms with van der Waals surface area (Å²) in [5.74, 6) is 1.00. The molecule has 0 saturated carbocycles. The number of benzene rings is 1. The molecule has 0 radical (unpaired) electrons. The van der Waals surface area contributed by atoms with Crippen molar-refractivity contribution in [3.8, 4) is 17.2 Å². The van der Waals surface area contributed by atoms with Crippen LogP contribution in [0.15, 0.2) is 12.1 Å². The highest BCUT2D eigenvalue weighted by molar-refractivity contribution is 5.83. The van der Waals surface area contributed by atoms with Crippen LogP contribution >= 0.6 is 0 Å². The van der Waals surface area contributed by atoms with Gasteiger partial charge in [-0.15, -0.1) is 0 Å². The van der Waals surface area contributed by atoms with E-state index in [-0.39, 0.29) is 23.8 Å². The molecule has 3 amide bonds. The average Bonchev–Trinajstić information content (AvgIpc) is 3.18. The Kier molecular flexibility index (Phi) is 8.42. The van der Waals surface area contributed by atoms with Gasteiger partial charge in [0.1, 0.15) is 0 Å². The van der Waals surface area contributed by atoms with E-state index in [1.807, 2.05) is 19.1 Å². The van der Waals surface area contributed by atoms with Gasteiger partial charge in [-0.3, -0.25) is 4.79 Å². The summed E-state index contributed by atoms with van der Waals surface area (Å²) in [6.45, 7) is 5.94. The third-order valence-corrected chi connectivity index (χ3v) is 5.22.